The molecule has 0 aliphatic carbocycles. The Morgan fingerprint density at radius 2 is 2.18 bits per heavy atom. The first-order valence-corrected chi connectivity index (χ1v) is 4.50. The third kappa shape index (κ3) is 1.57. The SMILES string of the molecule is CC.Cc1cn2ncsc2n1. The Bertz CT molecular complexity index is 294. The summed E-state index contributed by atoms with van der Waals surface area (Å²) in [5.74, 6) is 0. The molecule has 0 fully saturated rings. The van der Waals surface area contributed by atoms with Crippen LogP contribution in [0.3, 0.4) is 0 Å². The average Bonchev–Trinajstić information content (AvgIpc) is 2.51. The van der Waals surface area contributed by atoms with Gasteiger partial charge in [-0.3, -0.25) is 0 Å². The van der Waals surface area contributed by atoms with Gasteiger partial charge >= 0.3 is 0 Å². The average molecular weight is 169 g/mol. The number of aromatic nitrogens is 3. The molecule has 0 radical (unpaired) electrons. The van der Waals surface area contributed by atoms with E-state index in [4.69, 9.17) is 0 Å². The quantitative estimate of drug-likeness (QED) is 0.604. The van der Waals surface area contributed by atoms with Gasteiger partial charge in [0.1, 0.15) is 5.51 Å². The van der Waals surface area contributed by atoms with Crippen LogP contribution < -0.4 is 0 Å². The van der Waals surface area contributed by atoms with Gasteiger partial charge in [0.15, 0.2) is 0 Å². The van der Waals surface area contributed by atoms with E-state index >= 15 is 0 Å². The van der Waals surface area contributed by atoms with Gasteiger partial charge in [-0.1, -0.05) is 25.2 Å². The zero-order chi connectivity index (χ0) is 8.27. The standard InChI is InChI=1S/C5H5N3S.C2H6/c1-4-2-8-5(7-4)9-3-6-8;1-2/h2-3H,1H3;1-2H3. The lowest BCUT2D eigenvalue weighted by molar-refractivity contribution is 0.971. The summed E-state index contributed by atoms with van der Waals surface area (Å²) in [4.78, 5) is 5.16. The molecule has 0 aliphatic heterocycles. The Balaban J connectivity index is 0.000000281. The summed E-state index contributed by atoms with van der Waals surface area (Å²) in [6.07, 6.45) is 1.91. The lowest BCUT2D eigenvalue weighted by Gasteiger charge is -1.70. The molecule has 0 aliphatic rings. The van der Waals surface area contributed by atoms with Crippen molar-refractivity contribution < 1.29 is 0 Å². The highest BCUT2D eigenvalue weighted by molar-refractivity contribution is 7.14. The van der Waals surface area contributed by atoms with Crippen molar-refractivity contribution in [1.82, 2.24) is 14.6 Å². The van der Waals surface area contributed by atoms with Crippen molar-refractivity contribution in [1.29, 1.82) is 0 Å². The van der Waals surface area contributed by atoms with Gasteiger partial charge in [-0.15, -0.1) is 0 Å². The second-order valence-corrected chi connectivity index (χ2v) is 2.66. The van der Waals surface area contributed by atoms with Crippen LogP contribution in [0.25, 0.3) is 4.96 Å². The molecule has 2 aromatic rings. The molecule has 60 valence electrons. The molecular weight excluding hydrogens is 158 g/mol. The molecule has 4 heteroatoms. The van der Waals surface area contributed by atoms with Crippen molar-refractivity contribution >= 4 is 16.3 Å². The number of fused-ring (bicyclic) bond motifs is 1. The van der Waals surface area contributed by atoms with E-state index in [0.29, 0.717) is 0 Å². The minimum absolute atomic E-state index is 0.965. The lowest BCUT2D eigenvalue weighted by Crippen LogP contribution is -1.75. The fourth-order valence-electron chi connectivity index (χ4n) is 0.748. The smallest absolute Gasteiger partial charge is 0.212 e. The van der Waals surface area contributed by atoms with E-state index in [2.05, 4.69) is 10.1 Å². The van der Waals surface area contributed by atoms with Crippen LogP contribution in [-0.2, 0) is 0 Å². The van der Waals surface area contributed by atoms with Crippen molar-refractivity contribution in [3.63, 3.8) is 0 Å². The van der Waals surface area contributed by atoms with Crippen molar-refractivity contribution in [2.75, 3.05) is 0 Å². The Morgan fingerprint density at radius 3 is 2.82 bits per heavy atom. The van der Waals surface area contributed by atoms with Crippen molar-refractivity contribution in [2.45, 2.75) is 20.8 Å². The molecule has 3 nitrogen and oxygen atoms in total. The van der Waals surface area contributed by atoms with Crippen molar-refractivity contribution in [3.05, 3.63) is 17.4 Å². The molecule has 2 aromatic heterocycles. The predicted octanol–water partition coefficient (Wildman–Crippen LogP) is 2.13. The highest BCUT2D eigenvalue weighted by Crippen LogP contribution is 2.06. The number of nitrogens with zero attached hydrogens (tertiary/aromatic N) is 3. The van der Waals surface area contributed by atoms with Gasteiger partial charge in [-0.2, -0.15) is 5.10 Å². The molecule has 0 aromatic carbocycles. The molecule has 0 saturated heterocycles. The van der Waals surface area contributed by atoms with E-state index in [9.17, 15) is 0 Å². The largest absolute Gasteiger partial charge is 0.223 e. The van der Waals surface area contributed by atoms with Crippen LogP contribution in [0.1, 0.15) is 19.5 Å². The normalized spacial score (nSPS) is 9.36. The highest BCUT2D eigenvalue weighted by atomic mass is 32.1. The van der Waals surface area contributed by atoms with Gasteiger partial charge in [-0.05, 0) is 6.92 Å². The number of hydrogen-bond donors (Lipinski definition) is 0. The molecule has 11 heavy (non-hydrogen) atoms. The van der Waals surface area contributed by atoms with Gasteiger partial charge in [0.25, 0.3) is 0 Å². The number of rotatable bonds is 0. The fourth-order valence-corrected chi connectivity index (χ4v) is 1.40. The highest BCUT2D eigenvalue weighted by Gasteiger charge is 1.96. The number of imidazole rings is 1. The summed E-state index contributed by atoms with van der Waals surface area (Å²) in [6, 6.07) is 0. The summed E-state index contributed by atoms with van der Waals surface area (Å²) in [5.41, 5.74) is 2.80. The third-order valence-corrected chi connectivity index (χ3v) is 1.80. The lowest BCUT2D eigenvalue weighted by atomic mass is 10.6. The maximum absolute atomic E-state index is 4.19. The first-order valence-electron chi connectivity index (χ1n) is 3.62. The maximum atomic E-state index is 4.19. The Morgan fingerprint density at radius 1 is 1.45 bits per heavy atom. The minimum Gasteiger partial charge on any atom is -0.223 e. The minimum atomic E-state index is 0.965. The summed E-state index contributed by atoms with van der Waals surface area (Å²) in [7, 11) is 0. The van der Waals surface area contributed by atoms with Crippen LogP contribution in [-0.4, -0.2) is 14.6 Å². The first kappa shape index (κ1) is 8.20. The molecule has 0 unspecified atom stereocenters. The second-order valence-electron chi connectivity index (χ2n) is 1.85. The maximum Gasteiger partial charge on any atom is 0.212 e. The predicted molar refractivity (Wildman–Crippen MR) is 46.9 cm³/mol. The van der Waals surface area contributed by atoms with Crippen molar-refractivity contribution in [2.24, 2.45) is 0 Å². The summed E-state index contributed by atoms with van der Waals surface area (Å²) >= 11 is 1.55. The van der Waals surface area contributed by atoms with E-state index in [1.807, 2.05) is 27.0 Å². The number of aryl methyl sites for hydroxylation is 1. The van der Waals surface area contributed by atoms with Gasteiger partial charge in [0.2, 0.25) is 4.96 Å². The topological polar surface area (TPSA) is 30.2 Å². The summed E-state index contributed by atoms with van der Waals surface area (Å²) < 4.78 is 1.78. The zero-order valence-electron chi connectivity index (χ0n) is 6.90. The van der Waals surface area contributed by atoms with Gasteiger partial charge in [0.05, 0.1) is 11.9 Å². The molecule has 0 spiro atoms. The van der Waals surface area contributed by atoms with Crippen molar-refractivity contribution in [3.8, 4) is 0 Å². The van der Waals surface area contributed by atoms with Crippen LogP contribution in [0, 0.1) is 6.92 Å². The van der Waals surface area contributed by atoms with Crippen LogP contribution in [0.4, 0.5) is 0 Å². The van der Waals surface area contributed by atoms with Crippen LogP contribution in [0.15, 0.2) is 11.7 Å². The fraction of sp³-hybridized carbons (Fsp3) is 0.429. The molecule has 2 rings (SSSR count). The first-order chi connectivity index (χ1) is 5.36. The number of hydrogen-bond acceptors (Lipinski definition) is 3. The second kappa shape index (κ2) is 3.48. The molecule has 0 bridgehead atoms. The van der Waals surface area contributed by atoms with Crippen LogP contribution in [0.2, 0.25) is 0 Å². The Hall–Kier alpha value is -0.900. The van der Waals surface area contributed by atoms with Gasteiger partial charge in [-0.25, -0.2) is 9.50 Å². The van der Waals surface area contributed by atoms with E-state index in [1.165, 1.54) is 0 Å². The van der Waals surface area contributed by atoms with Gasteiger partial charge < -0.3 is 0 Å². The van der Waals surface area contributed by atoms with E-state index < -0.39 is 0 Å². The van der Waals surface area contributed by atoms with E-state index in [-0.39, 0.29) is 0 Å². The van der Waals surface area contributed by atoms with Crippen LogP contribution >= 0.6 is 11.3 Å². The summed E-state index contributed by atoms with van der Waals surface area (Å²) in [5, 5.41) is 4.01. The Labute approximate surface area is 69.7 Å². The molecule has 0 atom stereocenters. The monoisotopic (exact) mass is 169 g/mol. The van der Waals surface area contributed by atoms with E-state index in [0.717, 1.165) is 10.7 Å². The molecule has 0 saturated carbocycles. The van der Waals surface area contributed by atoms with E-state index in [1.54, 1.807) is 21.4 Å². The van der Waals surface area contributed by atoms with Crippen LogP contribution in [0.5, 0.6) is 0 Å². The summed E-state index contributed by atoms with van der Waals surface area (Å²) in [6.45, 7) is 5.96. The molecule has 0 N–H and O–H groups in total. The van der Waals surface area contributed by atoms with Gasteiger partial charge in [0, 0.05) is 0 Å². The zero-order valence-corrected chi connectivity index (χ0v) is 7.72. The molecule has 2 heterocycles. The molecular formula is C7H11N3S. The third-order valence-electron chi connectivity index (χ3n) is 1.11. The Kier molecular flexibility index (Phi) is 2.59. The molecule has 0 amide bonds.